The summed E-state index contributed by atoms with van der Waals surface area (Å²) in [5, 5.41) is 8.38. The Morgan fingerprint density at radius 2 is 1.95 bits per heavy atom. The molecule has 1 fully saturated rings. The molecule has 1 unspecified atom stereocenters. The van der Waals surface area contributed by atoms with Gasteiger partial charge in [-0.25, -0.2) is 0 Å². The van der Waals surface area contributed by atoms with Gasteiger partial charge in [0.15, 0.2) is 0 Å². The molecule has 120 valence electrons. The number of aryl methyl sites for hydroxylation is 2. The van der Waals surface area contributed by atoms with E-state index in [1.807, 2.05) is 0 Å². The third kappa shape index (κ3) is 4.10. The lowest BCUT2D eigenvalue weighted by Gasteiger charge is -2.33. The van der Waals surface area contributed by atoms with Crippen molar-refractivity contribution < 1.29 is 0 Å². The zero-order chi connectivity index (χ0) is 15.4. The van der Waals surface area contributed by atoms with Crippen LogP contribution < -0.4 is 5.32 Å². The largest absolute Gasteiger partial charge is 0.314 e. The predicted molar refractivity (Wildman–Crippen MR) is 92.6 cm³/mol. The predicted octanol–water partition coefficient (Wildman–Crippen LogP) is 4.32. The van der Waals surface area contributed by atoms with Crippen molar-refractivity contribution in [2.75, 3.05) is 6.54 Å². The summed E-state index contributed by atoms with van der Waals surface area (Å²) in [6.07, 6.45) is 6.60. The molecule has 1 aliphatic carbocycles. The minimum atomic E-state index is 0.584. The summed E-state index contributed by atoms with van der Waals surface area (Å²) < 4.78 is 3.37. The van der Waals surface area contributed by atoms with Crippen LogP contribution in [0.15, 0.2) is 4.47 Å². The maximum Gasteiger partial charge on any atom is 0.0738 e. The van der Waals surface area contributed by atoms with Crippen LogP contribution in [0.1, 0.15) is 57.8 Å². The molecule has 1 atom stereocenters. The number of halogens is 1. The van der Waals surface area contributed by atoms with E-state index in [2.05, 4.69) is 58.7 Å². The van der Waals surface area contributed by atoms with Gasteiger partial charge in [-0.05, 0) is 61.0 Å². The van der Waals surface area contributed by atoms with Crippen LogP contribution in [0.4, 0.5) is 0 Å². The molecule has 0 saturated heterocycles. The minimum Gasteiger partial charge on any atom is -0.314 e. The highest BCUT2D eigenvalue weighted by Crippen LogP contribution is 2.33. The molecule has 0 radical (unpaired) electrons. The van der Waals surface area contributed by atoms with Gasteiger partial charge in [0, 0.05) is 19.0 Å². The summed E-state index contributed by atoms with van der Waals surface area (Å²) in [7, 11) is 0. The lowest BCUT2D eigenvalue weighted by atomic mass is 9.78. The van der Waals surface area contributed by atoms with Gasteiger partial charge in [-0.15, -0.1) is 0 Å². The van der Waals surface area contributed by atoms with E-state index in [1.165, 1.54) is 35.8 Å². The van der Waals surface area contributed by atoms with E-state index < -0.39 is 0 Å². The summed E-state index contributed by atoms with van der Waals surface area (Å²) in [5.74, 6) is 1.73. The third-order valence-electron chi connectivity index (χ3n) is 4.96. The highest BCUT2D eigenvalue weighted by Gasteiger charge is 2.27. The van der Waals surface area contributed by atoms with E-state index in [0.717, 1.165) is 37.0 Å². The molecule has 1 saturated carbocycles. The topological polar surface area (TPSA) is 29.9 Å². The average Bonchev–Trinajstić information content (AvgIpc) is 2.75. The van der Waals surface area contributed by atoms with E-state index in [1.54, 1.807) is 0 Å². The first-order chi connectivity index (χ1) is 10.1. The monoisotopic (exact) mass is 355 g/mol. The summed E-state index contributed by atoms with van der Waals surface area (Å²) in [6, 6.07) is 0.584. The quantitative estimate of drug-likeness (QED) is 0.823. The number of hydrogen-bond donors (Lipinski definition) is 1. The maximum atomic E-state index is 4.64. The molecule has 1 aromatic rings. The number of nitrogens with one attached hydrogen (secondary N) is 1. The molecule has 3 nitrogen and oxygen atoms in total. The molecule has 21 heavy (non-hydrogen) atoms. The number of hydrogen-bond acceptors (Lipinski definition) is 2. The standard InChI is InChI=1S/C17H30BrN3/c1-5-19-15(14-9-7-12(3)8-10-14)11-16-17(18)13(4)20-21(16)6-2/h12,14-15,19H,5-11H2,1-4H3. The highest BCUT2D eigenvalue weighted by molar-refractivity contribution is 9.10. The second-order valence-corrected chi connectivity index (χ2v) is 7.34. The Morgan fingerprint density at radius 1 is 1.29 bits per heavy atom. The Hall–Kier alpha value is -0.350. The number of rotatable bonds is 6. The zero-order valence-corrected chi connectivity index (χ0v) is 15.5. The number of aromatic nitrogens is 2. The van der Waals surface area contributed by atoms with Gasteiger partial charge in [0.2, 0.25) is 0 Å². The second-order valence-electron chi connectivity index (χ2n) is 6.55. The average molecular weight is 356 g/mol. The fourth-order valence-electron chi connectivity index (χ4n) is 3.63. The summed E-state index contributed by atoms with van der Waals surface area (Å²) >= 11 is 3.74. The smallest absolute Gasteiger partial charge is 0.0738 e. The van der Waals surface area contributed by atoms with Crippen LogP contribution >= 0.6 is 15.9 Å². The van der Waals surface area contributed by atoms with Crippen molar-refractivity contribution in [2.45, 2.75) is 72.4 Å². The van der Waals surface area contributed by atoms with Crippen LogP contribution in [-0.2, 0) is 13.0 Å². The van der Waals surface area contributed by atoms with Crippen LogP contribution in [0.5, 0.6) is 0 Å². The van der Waals surface area contributed by atoms with Crippen molar-refractivity contribution in [1.82, 2.24) is 15.1 Å². The van der Waals surface area contributed by atoms with Crippen LogP contribution in [0.2, 0.25) is 0 Å². The Morgan fingerprint density at radius 3 is 2.52 bits per heavy atom. The third-order valence-corrected chi connectivity index (χ3v) is 5.99. The van der Waals surface area contributed by atoms with Crippen molar-refractivity contribution in [3.63, 3.8) is 0 Å². The summed E-state index contributed by atoms with van der Waals surface area (Å²) in [4.78, 5) is 0. The lowest BCUT2D eigenvalue weighted by molar-refractivity contribution is 0.228. The van der Waals surface area contributed by atoms with E-state index in [-0.39, 0.29) is 0 Å². The molecule has 0 aliphatic heterocycles. The molecular weight excluding hydrogens is 326 g/mol. The molecule has 0 aromatic carbocycles. The number of nitrogens with zero attached hydrogens (tertiary/aromatic N) is 2. The molecule has 1 N–H and O–H groups in total. The lowest BCUT2D eigenvalue weighted by Crippen LogP contribution is -2.40. The van der Waals surface area contributed by atoms with Crippen molar-refractivity contribution in [3.05, 3.63) is 15.9 Å². The SMILES string of the molecule is CCNC(Cc1c(Br)c(C)nn1CC)C1CCC(C)CC1. The van der Waals surface area contributed by atoms with Gasteiger partial charge in [0.25, 0.3) is 0 Å². The Labute approximate surface area is 138 Å². The summed E-state index contributed by atoms with van der Waals surface area (Å²) in [5.41, 5.74) is 2.47. The number of likely N-dealkylation sites (N-methyl/N-ethyl adjacent to an activating group) is 1. The fourth-order valence-corrected chi connectivity index (χ4v) is 4.07. The van der Waals surface area contributed by atoms with Crippen molar-refractivity contribution in [1.29, 1.82) is 0 Å². The van der Waals surface area contributed by atoms with E-state index >= 15 is 0 Å². The van der Waals surface area contributed by atoms with Crippen molar-refractivity contribution in [3.8, 4) is 0 Å². The minimum absolute atomic E-state index is 0.584. The zero-order valence-electron chi connectivity index (χ0n) is 14.0. The molecular formula is C17H30BrN3. The molecule has 2 rings (SSSR count). The molecule has 4 heteroatoms. The van der Waals surface area contributed by atoms with Crippen LogP contribution in [-0.4, -0.2) is 22.4 Å². The van der Waals surface area contributed by atoms with Gasteiger partial charge >= 0.3 is 0 Å². The van der Waals surface area contributed by atoms with Crippen LogP contribution in [0, 0.1) is 18.8 Å². The normalized spacial score (nSPS) is 24.2. The molecule has 1 aromatic heterocycles. The summed E-state index contributed by atoms with van der Waals surface area (Å²) in [6.45, 7) is 10.9. The first kappa shape index (κ1) is 17.0. The molecule has 1 heterocycles. The van der Waals surface area contributed by atoms with E-state index in [0.29, 0.717) is 6.04 Å². The van der Waals surface area contributed by atoms with Gasteiger partial charge in [0.1, 0.15) is 0 Å². The Balaban J connectivity index is 2.12. The first-order valence-corrected chi connectivity index (χ1v) is 9.31. The second kappa shape index (κ2) is 7.77. The highest BCUT2D eigenvalue weighted by atomic mass is 79.9. The van der Waals surface area contributed by atoms with Crippen molar-refractivity contribution >= 4 is 15.9 Å². The molecule has 1 aliphatic rings. The van der Waals surface area contributed by atoms with Gasteiger partial charge < -0.3 is 5.32 Å². The Bertz CT molecular complexity index is 447. The molecule has 0 spiro atoms. The van der Waals surface area contributed by atoms with Gasteiger partial charge in [-0.2, -0.15) is 5.10 Å². The molecule has 0 amide bonds. The Kier molecular flexibility index (Phi) is 6.30. The van der Waals surface area contributed by atoms with Crippen molar-refractivity contribution in [2.24, 2.45) is 11.8 Å². The van der Waals surface area contributed by atoms with E-state index in [9.17, 15) is 0 Å². The fraction of sp³-hybridized carbons (Fsp3) is 0.824. The van der Waals surface area contributed by atoms with E-state index in [4.69, 9.17) is 0 Å². The van der Waals surface area contributed by atoms with Gasteiger partial charge in [-0.1, -0.05) is 26.7 Å². The van der Waals surface area contributed by atoms with Crippen LogP contribution in [0.3, 0.4) is 0 Å². The maximum absolute atomic E-state index is 4.64. The van der Waals surface area contributed by atoms with Crippen LogP contribution in [0.25, 0.3) is 0 Å². The molecule has 0 bridgehead atoms. The van der Waals surface area contributed by atoms with Gasteiger partial charge in [-0.3, -0.25) is 4.68 Å². The van der Waals surface area contributed by atoms with Gasteiger partial charge in [0.05, 0.1) is 15.9 Å². The first-order valence-electron chi connectivity index (χ1n) is 8.51.